The Kier molecular flexibility index (Phi) is 3.79. The van der Waals surface area contributed by atoms with Crippen molar-refractivity contribution in [3.63, 3.8) is 0 Å². The summed E-state index contributed by atoms with van der Waals surface area (Å²) in [5.41, 5.74) is 4.12. The minimum Gasteiger partial charge on any atom is -0.391 e. The van der Waals surface area contributed by atoms with Crippen molar-refractivity contribution in [2.24, 2.45) is 5.41 Å². The summed E-state index contributed by atoms with van der Waals surface area (Å²) in [6, 6.07) is 6.61. The predicted molar refractivity (Wildman–Crippen MR) is 75.6 cm³/mol. The zero-order valence-electron chi connectivity index (χ0n) is 12.0. The molecule has 0 aromatic heterocycles. The molecule has 0 spiro atoms. The maximum absolute atomic E-state index is 10.2. The Hall–Kier alpha value is -0.860. The molecule has 1 aromatic carbocycles. The van der Waals surface area contributed by atoms with Gasteiger partial charge in [-0.3, -0.25) is 4.90 Å². The van der Waals surface area contributed by atoms with E-state index in [1.54, 1.807) is 0 Å². The minimum absolute atomic E-state index is 0.0676. The van der Waals surface area contributed by atoms with Crippen LogP contribution >= 0.6 is 0 Å². The van der Waals surface area contributed by atoms with Crippen molar-refractivity contribution in [3.8, 4) is 0 Å². The highest BCUT2D eigenvalue weighted by atomic mass is 16.3. The van der Waals surface area contributed by atoms with Gasteiger partial charge in [0.2, 0.25) is 0 Å². The van der Waals surface area contributed by atoms with Crippen LogP contribution in [0.2, 0.25) is 0 Å². The first-order valence-electron chi connectivity index (χ1n) is 6.85. The van der Waals surface area contributed by atoms with Gasteiger partial charge in [-0.1, -0.05) is 37.6 Å². The molecule has 1 atom stereocenters. The van der Waals surface area contributed by atoms with Crippen molar-refractivity contribution in [1.82, 2.24) is 4.90 Å². The van der Waals surface area contributed by atoms with E-state index in [0.29, 0.717) is 0 Å². The fourth-order valence-corrected chi connectivity index (χ4v) is 2.55. The summed E-state index contributed by atoms with van der Waals surface area (Å²) in [5, 5.41) is 10.2. The molecule has 0 aliphatic carbocycles. The minimum atomic E-state index is -0.212. The summed E-state index contributed by atoms with van der Waals surface area (Å²) in [4.78, 5) is 2.37. The van der Waals surface area contributed by atoms with Gasteiger partial charge in [0.15, 0.2) is 0 Å². The molecule has 1 N–H and O–H groups in total. The molecule has 0 radical (unpaired) electrons. The summed E-state index contributed by atoms with van der Waals surface area (Å²) < 4.78 is 0. The van der Waals surface area contributed by atoms with E-state index in [2.05, 4.69) is 50.8 Å². The standard InChI is InChI=1S/C16H25NO/c1-12-5-6-13(2)14(9-12)10-17-8-7-16(3,4)15(18)11-17/h5-6,9,15,18H,7-8,10-11H2,1-4H3. The number of aliphatic hydroxyl groups is 1. The van der Waals surface area contributed by atoms with Gasteiger partial charge in [-0.15, -0.1) is 0 Å². The van der Waals surface area contributed by atoms with Crippen molar-refractivity contribution in [1.29, 1.82) is 0 Å². The van der Waals surface area contributed by atoms with Crippen LogP contribution in [0.1, 0.15) is 37.0 Å². The van der Waals surface area contributed by atoms with Crippen molar-refractivity contribution in [2.75, 3.05) is 13.1 Å². The SMILES string of the molecule is Cc1ccc(C)c(CN2CCC(C)(C)C(O)C2)c1. The van der Waals surface area contributed by atoms with Gasteiger partial charge in [-0.25, -0.2) is 0 Å². The van der Waals surface area contributed by atoms with Crippen molar-refractivity contribution < 1.29 is 5.11 Å². The molecular weight excluding hydrogens is 222 g/mol. The average molecular weight is 247 g/mol. The van der Waals surface area contributed by atoms with Gasteiger partial charge in [-0.2, -0.15) is 0 Å². The second kappa shape index (κ2) is 5.02. The number of benzene rings is 1. The van der Waals surface area contributed by atoms with Crippen LogP contribution in [0.3, 0.4) is 0 Å². The van der Waals surface area contributed by atoms with Gasteiger partial charge in [0.1, 0.15) is 0 Å². The number of likely N-dealkylation sites (tertiary alicyclic amines) is 1. The highest BCUT2D eigenvalue weighted by Crippen LogP contribution is 2.31. The summed E-state index contributed by atoms with van der Waals surface area (Å²) in [6.45, 7) is 11.5. The Morgan fingerprint density at radius 3 is 2.72 bits per heavy atom. The van der Waals surface area contributed by atoms with E-state index in [4.69, 9.17) is 0 Å². The summed E-state index contributed by atoms with van der Waals surface area (Å²) in [5.74, 6) is 0. The molecule has 2 heteroatoms. The lowest BCUT2D eigenvalue weighted by atomic mass is 9.80. The van der Waals surface area contributed by atoms with Gasteiger partial charge in [0.25, 0.3) is 0 Å². The second-order valence-electron chi connectivity index (χ2n) is 6.42. The number of piperidine rings is 1. The number of rotatable bonds is 2. The van der Waals surface area contributed by atoms with E-state index in [1.165, 1.54) is 16.7 Å². The molecule has 0 saturated carbocycles. The highest BCUT2D eigenvalue weighted by molar-refractivity contribution is 5.30. The summed E-state index contributed by atoms with van der Waals surface area (Å²) in [6.07, 6.45) is 0.857. The second-order valence-corrected chi connectivity index (χ2v) is 6.42. The quantitative estimate of drug-likeness (QED) is 0.868. The van der Waals surface area contributed by atoms with Crippen molar-refractivity contribution in [3.05, 3.63) is 34.9 Å². The zero-order chi connectivity index (χ0) is 13.3. The predicted octanol–water partition coefficient (Wildman–Crippen LogP) is 2.90. The third-order valence-corrected chi connectivity index (χ3v) is 4.30. The van der Waals surface area contributed by atoms with Gasteiger partial charge < -0.3 is 5.11 Å². The number of β-amino-alcohol motifs (C(OH)–C–C–N with tert-alkyl or cyclic N) is 1. The molecule has 1 saturated heterocycles. The fraction of sp³-hybridized carbons (Fsp3) is 0.625. The van der Waals surface area contributed by atoms with E-state index in [-0.39, 0.29) is 11.5 Å². The molecule has 2 rings (SSSR count). The smallest absolute Gasteiger partial charge is 0.0718 e. The third kappa shape index (κ3) is 2.93. The molecule has 1 unspecified atom stereocenters. The first kappa shape index (κ1) is 13.6. The monoisotopic (exact) mass is 247 g/mol. The Balaban J connectivity index is 2.05. The fourth-order valence-electron chi connectivity index (χ4n) is 2.55. The van der Waals surface area contributed by atoms with E-state index < -0.39 is 0 Å². The number of aliphatic hydroxyl groups excluding tert-OH is 1. The summed E-state index contributed by atoms with van der Waals surface area (Å²) >= 11 is 0. The number of aryl methyl sites for hydroxylation is 2. The summed E-state index contributed by atoms with van der Waals surface area (Å²) in [7, 11) is 0. The van der Waals surface area contributed by atoms with Gasteiger partial charge >= 0.3 is 0 Å². The normalized spacial score (nSPS) is 24.2. The molecule has 1 fully saturated rings. The molecule has 0 amide bonds. The largest absolute Gasteiger partial charge is 0.391 e. The maximum atomic E-state index is 10.2. The van der Waals surface area contributed by atoms with Crippen LogP contribution in [0.15, 0.2) is 18.2 Å². The van der Waals surface area contributed by atoms with E-state index >= 15 is 0 Å². The van der Waals surface area contributed by atoms with Crippen LogP contribution in [0.25, 0.3) is 0 Å². The first-order chi connectivity index (χ1) is 8.38. The van der Waals surface area contributed by atoms with Crippen LogP contribution < -0.4 is 0 Å². The van der Waals surface area contributed by atoms with Crippen molar-refractivity contribution in [2.45, 2.75) is 46.8 Å². The Morgan fingerprint density at radius 2 is 2.06 bits per heavy atom. The van der Waals surface area contributed by atoms with Gasteiger partial charge in [0.05, 0.1) is 6.10 Å². The molecule has 1 heterocycles. The molecule has 1 aromatic rings. The number of nitrogens with zero attached hydrogens (tertiary/aromatic N) is 1. The van der Waals surface area contributed by atoms with Crippen molar-refractivity contribution >= 4 is 0 Å². The molecule has 2 nitrogen and oxygen atoms in total. The number of hydrogen-bond donors (Lipinski definition) is 1. The average Bonchev–Trinajstić information content (AvgIpc) is 2.29. The molecule has 100 valence electrons. The maximum Gasteiger partial charge on any atom is 0.0718 e. The number of hydrogen-bond acceptors (Lipinski definition) is 2. The lowest BCUT2D eigenvalue weighted by Gasteiger charge is -2.41. The highest BCUT2D eigenvalue weighted by Gasteiger charge is 2.33. The molecule has 0 bridgehead atoms. The molecule has 1 aliphatic heterocycles. The topological polar surface area (TPSA) is 23.5 Å². The Bertz CT molecular complexity index is 425. The molecule has 1 aliphatic rings. The van der Waals surface area contributed by atoms with E-state index in [0.717, 1.165) is 26.1 Å². The third-order valence-electron chi connectivity index (χ3n) is 4.30. The van der Waals surface area contributed by atoms with Gasteiger partial charge in [-0.05, 0) is 43.4 Å². The van der Waals surface area contributed by atoms with Crippen LogP contribution in [0.5, 0.6) is 0 Å². The Morgan fingerprint density at radius 1 is 1.33 bits per heavy atom. The van der Waals surface area contributed by atoms with E-state index in [9.17, 15) is 5.11 Å². The van der Waals surface area contributed by atoms with Crippen LogP contribution in [0.4, 0.5) is 0 Å². The van der Waals surface area contributed by atoms with Crippen LogP contribution in [-0.4, -0.2) is 29.2 Å². The zero-order valence-corrected chi connectivity index (χ0v) is 12.0. The lowest BCUT2D eigenvalue weighted by molar-refractivity contribution is -0.0278. The van der Waals surface area contributed by atoms with E-state index in [1.807, 2.05) is 0 Å². The first-order valence-corrected chi connectivity index (χ1v) is 6.85. The van der Waals surface area contributed by atoms with Gasteiger partial charge in [0, 0.05) is 13.1 Å². The van der Waals surface area contributed by atoms with Crippen LogP contribution in [-0.2, 0) is 6.54 Å². The molecule has 18 heavy (non-hydrogen) atoms. The van der Waals surface area contributed by atoms with Crippen LogP contribution in [0, 0.1) is 19.3 Å². The molecular formula is C16H25NO. The Labute approximate surface area is 111 Å². The lowest BCUT2D eigenvalue weighted by Crippen LogP contribution is -2.47.